The van der Waals surface area contributed by atoms with Gasteiger partial charge in [-0.05, 0) is 48.3 Å². The van der Waals surface area contributed by atoms with Crippen LogP contribution in [0.15, 0.2) is 18.2 Å². The third kappa shape index (κ3) is 2.64. The summed E-state index contributed by atoms with van der Waals surface area (Å²) in [6, 6.07) is 6.13. The van der Waals surface area contributed by atoms with Gasteiger partial charge >= 0.3 is 0 Å². The molecule has 0 radical (unpaired) electrons. The summed E-state index contributed by atoms with van der Waals surface area (Å²) in [5.74, 6) is 2.07. The highest BCUT2D eigenvalue weighted by molar-refractivity contribution is 5.44. The van der Waals surface area contributed by atoms with E-state index in [2.05, 4.69) is 33.8 Å². The van der Waals surface area contributed by atoms with Gasteiger partial charge in [-0.2, -0.15) is 0 Å². The van der Waals surface area contributed by atoms with Gasteiger partial charge in [0.15, 0.2) is 11.5 Å². The first kappa shape index (κ1) is 16.2. The van der Waals surface area contributed by atoms with E-state index in [4.69, 9.17) is 15.2 Å². The monoisotopic (exact) mass is 291 g/mol. The molecule has 0 spiro atoms. The summed E-state index contributed by atoms with van der Waals surface area (Å²) in [6.07, 6.45) is 0. The lowest BCUT2D eigenvalue weighted by Crippen LogP contribution is -2.16. The Morgan fingerprint density at radius 2 is 1.52 bits per heavy atom. The quantitative estimate of drug-likeness (QED) is 0.855. The van der Waals surface area contributed by atoms with Gasteiger partial charge in [0, 0.05) is 6.04 Å². The molecule has 118 valence electrons. The fourth-order valence-electron chi connectivity index (χ4n) is 3.61. The number of nitrogens with two attached hydrogens (primary N) is 1. The molecule has 0 saturated heterocycles. The van der Waals surface area contributed by atoms with Crippen LogP contribution < -0.4 is 15.2 Å². The molecule has 0 aliphatic heterocycles. The Morgan fingerprint density at radius 1 is 1.00 bits per heavy atom. The molecule has 1 atom stereocenters. The average Bonchev–Trinajstić information content (AvgIpc) is 2.81. The van der Waals surface area contributed by atoms with E-state index >= 15 is 0 Å². The van der Waals surface area contributed by atoms with Crippen molar-refractivity contribution in [3.63, 3.8) is 0 Å². The highest BCUT2D eigenvalue weighted by atomic mass is 16.5. The Hall–Kier alpha value is -1.22. The first-order valence-corrected chi connectivity index (χ1v) is 7.92. The number of ether oxygens (including phenoxy) is 2. The van der Waals surface area contributed by atoms with E-state index in [1.54, 1.807) is 0 Å². The zero-order chi connectivity index (χ0) is 15.8. The van der Waals surface area contributed by atoms with Crippen LogP contribution in [0.4, 0.5) is 0 Å². The molecule has 1 aromatic rings. The minimum atomic E-state index is 0.0323. The summed E-state index contributed by atoms with van der Waals surface area (Å²) >= 11 is 0. The predicted molar refractivity (Wildman–Crippen MR) is 86.8 cm³/mol. The minimum absolute atomic E-state index is 0.0323. The van der Waals surface area contributed by atoms with Crippen LogP contribution in [0.2, 0.25) is 0 Å². The summed E-state index contributed by atoms with van der Waals surface area (Å²) in [7, 11) is 0. The maximum Gasteiger partial charge on any atom is 0.161 e. The molecule has 0 heterocycles. The van der Waals surface area contributed by atoms with Gasteiger partial charge in [0.1, 0.15) is 0 Å². The zero-order valence-corrected chi connectivity index (χ0v) is 14.2. The third-order valence-corrected chi connectivity index (χ3v) is 5.44. The number of benzene rings is 1. The highest BCUT2D eigenvalue weighted by Gasteiger charge is 2.66. The van der Waals surface area contributed by atoms with Gasteiger partial charge in [-0.25, -0.2) is 0 Å². The Kier molecular flexibility index (Phi) is 4.25. The molecule has 1 unspecified atom stereocenters. The van der Waals surface area contributed by atoms with Gasteiger partial charge < -0.3 is 15.2 Å². The Bertz CT molecular complexity index is 494. The average molecular weight is 291 g/mol. The maximum atomic E-state index is 6.54. The minimum Gasteiger partial charge on any atom is -0.490 e. The second-order valence-electron chi connectivity index (χ2n) is 7.02. The third-order valence-electron chi connectivity index (χ3n) is 5.44. The van der Waals surface area contributed by atoms with E-state index in [1.165, 1.54) is 0 Å². The fourth-order valence-corrected chi connectivity index (χ4v) is 3.61. The standard InChI is InChI=1S/C18H29NO2/c1-7-20-13-10-9-12(11-14(13)21-8-2)15(19)16-17(3,4)18(16,5)6/h9-11,15-16H,7-8,19H2,1-6H3. The maximum absolute atomic E-state index is 6.54. The topological polar surface area (TPSA) is 44.5 Å². The summed E-state index contributed by atoms with van der Waals surface area (Å²) in [4.78, 5) is 0. The second kappa shape index (κ2) is 5.53. The van der Waals surface area contributed by atoms with Crippen molar-refractivity contribution >= 4 is 0 Å². The van der Waals surface area contributed by atoms with E-state index in [-0.39, 0.29) is 16.9 Å². The van der Waals surface area contributed by atoms with Crippen LogP contribution in [0.5, 0.6) is 11.5 Å². The van der Waals surface area contributed by atoms with Crippen molar-refractivity contribution < 1.29 is 9.47 Å². The number of hydrogen-bond acceptors (Lipinski definition) is 3. The first-order chi connectivity index (χ1) is 9.77. The van der Waals surface area contributed by atoms with E-state index in [0.29, 0.717) is 19.1 Å². The lowest BCUT2D eigenvalue weighted by Gasteiger charge is -2.18. The van der Waals surface area contributed by atoms with Gasteiger partial charge in [0.2, 0.25) is 0 Å². The van der Waals surface area contributed by atoms with E-state index in [0.717, 1.165) is 17.1 Å². The predicted octanol–water partition coefficient (Wildman–Crippen LogP) is 4.17. The molecular formula is C18H29NO2. The molecular weight excluding hydrogens is 262 g/mol. The van der Waals surface area contributed by atoms with Crippen LogP contribution >= 0.6 is 0 Å². The van der Waals surface area contributed by atoms with Crippen molar-refractivity contribution in [1.82, 2.24) is 0 Å². The molecule has 21 heavy (non-hydrogen) atoms. The molecule has 0 amide bonds. The van der Waals surface area contributed by atoms with Gasteiger partial charge in [0.05, 0.1) is 13.2 Å². The van der Waals surface area contributed by atoms with Crippen molar-refractivity contribution in [1.29, 1.82) is 0 Å². The molecule has 2 rings (SSSR count). The van der Waals surface area contributed by atoms with Crippen LogP contribution in [0.3, 0.4) is 0 Å². The molecule has 1 aliphatic carbocycles. The van der Waals surface area contributed by atoms with Crippen molar-refractivity contribution in [2.45, 2.75) is 47.6 Å². The SMILES string of the molecule is CCOc1ccc(C(N)C2C(C)(C)C2(C)C)cc1OCC. The second-order valence-corrected chi connectivity index (χ2v) is 7.02. The van der Waals surface area contributed by atoms with Crippen molar-refractivity contribution in [2.24, 2.45) is 22.5 Å². The van der Waals surface area contributed by atoms with Crippen molar-refractivity contribution in [2.75, 3.05) is 13.2 Å². The van der Waals surface area contributed by atoms with Crippen LogP contribution in [0.1, 0.15) is 53.1 Å². The van der Waals surface area contributed by atoms with E-state index < -0.39 is 0 Å². The van der Waals surface area contributed by atoms with Crippen molar-refractivity contribution in [3.05, 3.63) is 23.8 Å². The summed E-state index contributed by atoms with van der Waals surface area (Å²) in [5.41, 5.74) is 8.22. The summed E-state index contributed by atoms with van der Waals surface area (Å²) in [5, 5.41) is 0. The number of rotatable bonds is 6. The van der Waals surface area contributed by atoms with Crippen LogP contribution in [-0.4, -0.2) is 13.2 Å². The van der Waals surface area contributed by atoms with Crippen LogP contribution in [0.25, 0.3) is 0 Å². The van der Waals surface area contributed by atoms with Gasteiger partial charge in [-0.1, -0.05) is 33.8 Å². The van der Waals surface area contributed by atoms with Gasteiger partial charge in [-0.15, -0.1) is 0 Å². The van der Waals surface area contributed by atoms with E-state index in [9.17, 15) is 0 Å². The van der Waals surface area contributed by atoms with Crippen LogP contribution in [-0.2, 0) is 0 Å². The number of hydrogen-bond donors (Lipinski definition) is 1. The Morgan fingerprint density at radius 3 is 2.00 bits per heavy atom. The normalized spacial score (nSPS) is 20.9. The van der Waals surface area contributed by atoms with Gasteiger partial charge in [0.25, 0.3) is 0 Å². The molecule has 1 aromatic carbocycles. The molecule has 1 saturated carbocycles. The zero-order valence-electron chi connectivity index (χ0n) is 14.2. The molecule has 3 nitrogen and oxygen atoms in total. The highest BCUT2D eigenvalue weighted by Crippen LogP contribution is 2.71. The van der Waals surface area contributed by atoms with E-state index in [1.807, 2.05) is 26.0 Å². The molecule has 0 bridgehead atoms. The summed E-state index contributed by atoms with van der Waals surface area (Å²) < 4.78 is 11.3. The largest absolute Gasteiger partial charge is 0.490 e. The molecule has 0 aromatic heterocycles. The Balaban J connectivity index is 2.27. The molecule has 3 heteroatoms. The Labute approximate surface area is 128 Å². The summed E-state index contributed by atoms with van der Waals surface area (Å²) in [6.45, 7) is 14.4. The first-order valence-electron chi connectivity index (χ1n) is 7.92. The van der Waals surface area contributed by atoms with Gasteiger partial charge in [-0.3, -0.25) is 0 Å². The lowest BCUT2D eigenvalue weighted by atomic mass is 9.97. The van der Waals surface area contributed by atoms with Crippen LogP contribution in [0, 0.1) is 16.7 Å². The smallest absolute Gasteiger partial charge is 0.161 e. The lowest BCUT2D eigenvalue weighted by molar-refractivity contribution is 0.287. The van der Waals surface area contributed by atoms with Crippen molar-refractivity contribution in [3.8, 4) is 11.5 Å². The molecule has 1 aliphatic rings. The molecule has 1 fully saturated rings. The molecule has 2 N–H and O–H groups in total. The fraction of sp³-hybridized carbons (Fsp3) is 0.667.